The van der Waals surface area contributed by atoms with Crippen molar-refractivity contribution < 1.29 is 8.83 Å². The predicted octanol–water partition coefficient (Wildman–Crippen LogP) is 10.4. The minimum absolute atomic E-state index is 0.489. The van der Waals surface area contributed by atoms with Gasteiger partial charge in [-0.05, 0) is 35.4 Å². The Morgan fingerprint density at radius 3 is 1.96 bits per heavy atom. The van der Waals surface area contributed by atoms with E-state index < -0.39 is 0 Å². The third-order valence-electron chi connectivity index (χ3n) is 8.11. The fourth-order valence-corrected chi connectivity index (χ4v) is 6.18. The number of nitrogens with zero attached hydrogens (tertiary/aromatic N) is 4. The van der Waals surface area contributed by atoms with Crippen LogP contribution in [0, 0.1) is 0 Å². The molecule has 212 valence electrons. The van der Waals surface area contributed by atoms with Gasteiger partial charge in [-0.3, -0.25) is 4.98 Å². The number of benzene rings is 5. The van der Waals surface area contributed by atoms with E-state index in [9.17, 15) is 0 Å². The summed E-state index contributed by atoms with van der Waals surface area (Å²) in [4.78, 5) is 19.7. The van der Waals surface area contributed by atoms with Crippen molar-refractivity contribution in [1.29, 1.82) is 0 Å². The summed E-state index contributed by atoms with van der Waals surface area (Å²) in [6, 6.07) is 38.2. The first-order valence-corrected chi connectivity index (χ1v) is 14.9. The largest absolute Gasteiger partial charge is 0.456 e. The summed E-state index contributed by atoms with van der Waals surface area (Å²) >= 11 is 6.29. The first-order chi connectivity index (χ1) is 22.2. The lowest BCUT2D eigenvalue weighted by Gasteiger charge is -2.10. The van der Waals surface area contributed by atoms with Gasteiger partial charge < -0.3 is 8.83 Å². The van der Waals surface area contributed by atoms with Crippen molar-refractivity contribution in [2.45, 2.75) is 0 Å². The van der Waals surface area contributed by atoms with Gasteiger partial charge in [-0.2, -0.15) is 0 Å². The summed E-state index contributed by atoms with van der Waals surface area (Å²) in [7, 11) is 0. The molecule has 0 amide bonds. The van der Waals surface area contributed by atoms with Gasteiger partial charge in [0.05, 0.1) is 6.20 Å². The van der Waals surface area contributed by atoms with Crippen molar-refractivity contribution >= 4 is 55.5 Å². The third-order valence-corrected chi connectivity index (χ3v) is 8.35. The van der Waals surface area contributed by atoms with Crippen LogP contribution in [0.5, 0.6) is 0 Å². The van der Waals surface area contributed by atoms with Crippen LogP contribution in [0.25, 0.3) is 89.2 Å². The quantitative estimate of drug-likeness (QED) is 0.200. The molecule has 0 saturated heterocycles. The second-order valence-corrected chi connectivity index (χ2v) is 11.3. The van der Waals surface area contributed by atoms with E-state index in [0.29, 0.717) is 33.7 Å². The molecule has 7 heteroatoms. The van der Waals surface area contributed by atoms with Gasteiger partial charge in [-0.15, -0.1) is 0 Å². The lowest BCUT2D eigenvalue weighted by atomic mass is 10.0. The second-order valence-electron chi connectivity index (χ2n) is 10.8. The van der Waals surface area contributed by atoms with Crippen LogP contribution >= 0.6 is 11.6 Å². The fraction of sp³-hybridized carbons (Fsp3) is 0. The molecule has 0 radical (unpaired) electrons. The number of hydrogen-bond acceptors (Lipinski definition) is 6. The highest BCUT2D eigenvalue weighted by Gasteiger charge is 2.20. The van der Waals surface area contributed by atoms with Crippen LogP contribution in [0.3, 0.4) is 0 Å². The van der Waals surface area contributed by atoms with Crippen molar-refractivity contribution in [3.8, 4) is 45.3 Å². The molecule has 0 spiro atoms. The molecule has 9 aromatic rings. The first kappa shape index (κ1) is 25.6. The number of aromatic nitrogens is 4. The molecule has 0 bridgehead atoms. The zero-order valence-corrected chi connectivity index (χ0v) is 24.4. The average Bonchev–Trinajstić information content (AvgIpc) is 3.66. The van der Waals surface area contributed by atoms with Crippen LogP contribution < -0.4 is 0 Å². The minimum atomic E-state index is 0.489. The molecule has 0 unspecified atom stereocenters. The first-order valence-electron chi connectivity index (χ1n) is 14.5. The van der Waals surface area contributed by atoms with E-state index >= 15 is 0 Å². The Morgan fingerprint density at radius 2 is 1.09 bits per heavy atom. The van der Waals surface area contributed by atoms with Crippen LogP contribution in [-0.2, 0) is 0 Å². The molecule has 5 aromatic carbocycles. The Hall–Kier alpha value is -5.85. The van der Waals surface area contributed by atoms with Gasteiger partial charge in [0.1, 0.15) is 16.7 Å². The van der Waals surface area contributed by atoms with Crippen LogP contribution in [-0.4, -0.2) is 19.9 Å². The van der Waals surface area contributed by atoms with E-state index in [2.05, 4.69) is 35.3 Å². The SMILES string of the molecule is Clc1ccc2c(c1)oc1cncc(-c3nc(-c4ccc(-c5ccccc5)cc4)nc(-c4cccc5oc6ccccc6c45)n3)c12. The highest BCUT2D eigenvalue weighted by atomic mass is 35.5. The number of furan rings is 2. The maximum atomic E-state index is 6.29. The zero-order valence-electron chi connectivity index (χ0n) is 23.6. The average molecular weight is 601 g/mol. The molecule has 0 aliphatic heterocycles. The van der Waals surface area contributed by atoms with Crippen molar-refractivity contribution in [3.63, 3.8) is 0 Å². The molecule has 45 heavy (non-hydrogen) atoms. The summed E-state index contributed by atoms with van der Waals surface area (Å²) in [5.74, 6) is 1.57. The van der Waals surface area contributed by atoms with E-state index in [-0.39, 0.29) is 0 Å². The number of hydrogen-bond donors (Lipinski definition) is 0. The normalized spacial score (nSPS) is 11.7. The molecule has 6 nitrogen and oxygen atoms in total. The van der Waals surface area contributed by atoms with Crippen molar-refractivity contribution in [3.05, 3.63) is 133 Å². The minimum Gasteiger partial charge on any atom is -0.456 e. The van der Waals surface area contributed by atoms with Gasteiger partial charge in [-0.25, -0.2) is 15.0 Å². The molecule has 0 aliphatic carbocycles. The lowest BCUT2D eigenvalue weighted by Crippen LogP contribution is -2.01. The summed E-state index contributed by atoms with van der Waals surface area (Å²) in [6.07, 6.45) is 3.48. The molecule has 0 aliphatic rings. The van der Waals surface area contributed by atoms with Gasteiger partial charge in [-0.1, -0.05) is 96.5 Å². The Kier molecular flexibility index (Phi) is 5.76. The van der Waals surface area contributed by atoms with Crippen LogP contribution in [0.2, 0.25) is 5.02 Å². The van der Waals surface area contributed by atoms with Crippen molar-refractivity contribution in [1.82, 2.24) is 19.9 Å². The molecule has 0 saturated carbocycles. The number of pyridine rings is 1. The van der Waals surface area contributed by atoms with Crippen LogP contribution in [0.15, 0.2) is 136 Å². The van der Waals surface area contributed by atoms with E-state index in [1.807, 2.05) is 84.9 Å². The number of fused-ring (bicyclic) bond motifs is 6. The number of halogens is 1. The second kappa shape index (κ2) is 10.1. The highest BCUT2D eigenvalue weighted by Crippen LogP contribution is 2.39. The smallest absolute Gasteiger partial charge is 0.166 e. The summed E-state index contributed by atoms with van der Waals surface area (Å²) in [6.45, 7) is 0. The lowest BCUT2D eigenvalue weighted by molar-refractivity contribution is 0.667. The summed E-state index contributed by atoms with van der Waals surface area (Å²) < 4.78 is 12.3. The van der Waals surface area contributed by atoms with Crippen molar-refractivity contribution in [2.75, 3.05) is 0 Å². The Morgan fingerprint density at radius 1 is 0.444 bits per heavy atom. The number of para-hydroxylation sites is 1. The predicted molar refractivity (Wildman–Crippen MR) is 179 cm³/mol. The van der Waals surface area contributed by atoms with Gasteiger partial charge in [0.15, 0.2) is 23.1 Å². The van der Waals surface area contributed by atoms with Gasteiger partial charge in [0, 0.05) is 55.5 Å². The Balaban J connectivity index is 1.30. The van der Waals surface area contributed by atoms with Crippen LogP contribution in [0.4, 0.5) is 0 Å². The maximum absolute atomic E-state index is 6.29. The van der Waals surface area contributed by atoms with E-state index in [4.69, 9.17) is 35.4 Å². The summed E-state index contributed by atoms with van der Waals surface area (Å²) in [5.41, 5.74) is 7.60. The maximum Gasteiger partial charge on any atom is 0.166 e. The van der Waals surface area contributed by atoms with E-state index in [1.54, 1.807) is 12.4 Å². The monoisotopic (exact) mass is 600 g/mol. The van der Waals surface area contributed by atoms with Gasteiger partial charge in [0.2, 0.25) is 0 Å². The fourth-order valence-electron chi connectivity index (χ4n) is 6.02. The number of rotatable bonds is 4. The molecular formula is C38H21ClN4O2. The zero-order chi connectivity index (χ0) is 29.9. The molecule has 4 heterocycles. The summed E-state index contributed by atoms with van der Waals surface area (Å²) in [5, 5.41) is 4.33. The van der Waals surface area contributed by atoms with Gasteiger partial charge in [0.25, 0.3) is 0 Å². The highest BCUT2D eigenvalue weighted by molar-refractivity contribution is 6.31. The molecular weight excluding hydrogens is 580 g/mol. The van der Waals surface area contributed by atoms with E-state index in [1.165, 1.54) is 0 Å². The third kappa shape index (κ3) is 4.26. The molecule has 0 N–H and O–H groups in total. The Bertz CT molecular complexity index is 2560. The standard InChI is InChI=1S/C38H21ClN4O2/c39-25-17-18-27-32(19-25)45-33-21-40-20-29(35(27)33)38-42-36(24-15-13-23(14-16-24)22-7-2-1-3-8-22)41-37(43-38)28-10-6-12-31-34(28)26-9-4-5-11-30(26)44-31/h1-21H. The van der Waals surface area contributed by atoms with E-state index in [0.717, 1.165) is 60.5 Å². The molecule has 0 atom stereocenters. The molecule has 9 rings (SSSR count). The topological polar surface area (TPSA) is 77.8 Å². The Labute approximate surface area is 261 Å². The van der Waals surface area contributed by atoms with Crippen molar-refractivity contribution in [2.24, 2.45) is 0 Å². The molecule has 4 aromatic heterocycles. The van der Waals surface area contributed by atoms with Crippen LogP contribution in [0.1, 0.15) is 0 Å². The van der Waals surface area contributed by atoms with Gasteiger partial charge >= 0.3 is 0 Å². The molecule has 0 fully saturated rings.